The quantitative estimate of drug-likeness (QED) is 0.706. The fourth-order valence-electron chi connectivity index (χ4n) is 2.32. The summed E-state index contributed by atoms with van der Waals surface area (Å²) in [6.45, 7) is 1.57. The highest BCUT2D eigenvalue weighted by Crippen LogP contribution is 2.32. The molecule has 0 atom stereocenters. The molecule has 0 radical (unpaired) electrons. The van der Waals surface area contributed by atoms with E-state index in [1.165, 1.54) is 19.3 Å². The molecular weight excluding hydrogens is 242 g/mol. The lowest BCUT2D eigenvalue weighted by molar-refractivity contribution is 0.0921. The zero-order valence-corrected chi connectivity index (χ0v) is 12.1. The molecule has 1 aliphatic rings. The van der Waals surface area contributed by atoms with Crippen LogP contribution in [0.15, 0.2) is 6.20 Å². The van der Waals surface area contributed by atoms with Crippen molar-refractivity contribution in [2.24, 2.45) is 5.92 Å². The van der Waals surface area contributed by atoms with E-state index in [2.05, 4.69) is 10.00 Å². The lowest BCUT2D eigenvalue weighted by Crippen LogP contribution is -2.23. The maximum atomic E-state index is 12.4. The summed E-state index contributed by atoms with van der Waals surface area (Å²) in [7, 11) is 5.61. The van der Waals surface area contributed by atoms with Crippen molar-refractivity contribution >= 4 is 5.78 Å². The standard InChI is InChI=1S/C14H23N3O2/c1-16(2)7-8-17-14(13(19-3)10-15-17)12(18)9-11-5-4-6-11/h10-11H,4-9H2,1-3H3. The van der Waals surface area contributed by atoms with Crippen LogP contribution in [0.2, 0.25) is 0 Å². The summed E-state index contributed by atoms with van der Waals surface area (Å²) in [4.78, 5) is 14.5. The SMILES string of the molecule is COc1cnn(CCN(C)C)c1C(=O)CC1CCC1. The van der Waals surface area contributed by atoms with Gasteiger partial charge in [-0.15, -0.1) is 0 Å². The van der Waals surface area contributed by atoms with Crippen LogP contribution in [0, 0.1) is 5.92 Å². The third kappa shape index (κ3) is 3.35. The Kier molecular flexibility index (Phi) is 4.58. The zero-order chi connectivity index (χ0) is 13.8. The first-order valence-electron chi connectivity index (χ1n) is 6.89. The Balaban J connectivity index is 2.10. The second-order valence-corrected chi connectivity index (χ2v) is 5.51. The number of hydrogen-bond donors (Lipinski definition) is 0. The van der Waals surface area contributed by atoms with Crippen molar-refractivity contribution in [3.63, 3.8) is 0 Å². The van der Waals surface area contributed by atoms with Gasteiger partial charge in [0.1, 0.15) is 5.69 Å². The van der Waals surface area contributed by atoms with E-state index < -0.39 is 0 Å². The fourth-order valence-corrected chi connectivity index (χ4v) is 2.32. The van der Waals surface area contributed by atoms with Crippen molar-refractivity contribution in [3.8, 4) is 5.75 Å². The Morgan fingerprint density at radius 2 is 2.26 bits per heavy atom. The Morgan fingerprint density at radius 3 is 2.79 bits per heavy atom. The van der Waals surface area contributed by atoms with Gasteiger partial charge in [-0.2, -0.15) is 5.10 Å². The molecule has 0 aliphatic heterocycles. The van der Waals surface area contributed by atoms with Crippen molar-refractivity contribution in [3.05, 3.63) is 11.9 Å². The molecule has 1 aromatic heterocycles. The predicted molar refractivity (Wildman–Crippen MR) is 73.6 cm³/mol. The molecular formula is C14H23N3O2. The molecule has 0 bridgehead atoms. The Hall–Kier alpha value is -1.36. The van der Waals surface area contributed by atoms with Gasteiger partial charge in [0.2, 0.25) is 0 Å². The average Bonchev–Trinajstić information content (AvgIpc) is 2.73. The normalized spacial score (nSPS) is 15.6. The van der Waals surface area contributed by atoms with E-state index >= 15 is 0 Å². The maximum Gasteiger partial charge on any atom is 0.184 e. The molecule has 1 aliphatic carbocycles. The minimum atomic E-state index is 0.165. The smallest absolute Gasteiger partial charge is 0.184 e. The Bertz CT molecular complexity index is 436. The van der Waals surface area contributed by atoms with Crippen molar-refractivity contribution in [2.75, 3.05) is 27.7 Å². The number of carbonyl (C=O) groups is 1. The largest absolute Gasteiger partial charge is 0.493 e. The van der Waals surface area contributed by atoms with Crippen LogP contribution in [0.4, 0.5) is 0 Å². The van der Waals surface area contributed by atoms with Crippen LogP contribution in [-0.4, -0.2) is 48.2 Å². The Labute approximate surface area is 114 Å². The predicted octanol–water partition coefficient (Wildman–Crippen LogP) is 1.83. The number of likely N-dealkylation sites (N-methyl/N-ethyl adjacent to an activating group) is 1. The van der Waals surface area contributed by atoms with E-state index in [4.69, 9.17) is 4.74 Å². The number of Topliss-reactive ketones (excluding diaryl/α,β-unsaturated/α-hetero) is 1. The first-order valence-corrected chi connectivity index (χ1v) is 6.89. The van der Waals surface area contributed by atoms with Crippen molar-refractivity contribution in [2.45, 2.75) is 32.2 Å². The van der Waals surface area contributed by atoms with E-state index in [-0.39, 0.29) is 5.78 Å². The van der Waals surface area contributed by atoms with Crippen molar-refractivity contribution in [1.82, 2.24) is 14.7 Å². The zero-order valence-electron chi connectivity index (χ0n) is 12.1. The molecule has 19 heavy (non-hydrogen) atoms. The maximum absolute atomic E-state index is 12.4. The van der Waals surface area contributed by atoms with Gasteiger partial charge in [0, 0.05) is 13.0 Å². The first kappa shape index (κ1) is 14.1. The highest BCUT2D eigenvalue weighted by molar-refractivity contribution is 5.97. The van der Waals surface area contributed by atoms with Gasteiger partial charge in [0.05, 0.1) is 19.9 Å². The second-order valence-electron chi connectivity index (χ2n) is 5.51. The molecule has 1 aromatic rings. The molecule has 2 rings (SSSR count). The summed E-state index contributed by atoms with van der Waals surface area (Å²) in [5.41, 5.74) is 0.635. The molecule has 0 aromatic carbocycles. The molecule has 1 saturated carbocycles. The number of hydrogen-bond acceptors (Lipinski definition) is 4. The van der Waals surface area contributed by atoms with Gasteiger partial charge in [-0.1, -0.05) is 19.3 Å². The van der Waals surface area contributed by atoms with E-state index in [0.717, 1.165) is 6.54 Å². The third-order valence-electron chi connectivity index (χ3n) is 3.75. The minimum absolute atomic E-state index is 0.165. The molecule has 106 valence electrons. The van der Waals surface area contributed by atoms with Gasteiger partial charge < -0.3 is 9.64 Å². The molecule has 0 N–H and O–H groups in total. The fraction of sp³-hybridized carbons (Fsp3) is 0.714. The van der Waals surface area contributed by atoms with E-state index in [9.17, 15) is 4.79 Å². The van der Waals surface area contributed by atoms with Crippen LogP contribution in [0.5, 0.6) is 5.75 Å². The van der Waals surface area contributed by atoms with Gasteiger partial charge in [0.15, 0.2) is 11.5 Å². The lowest BCUT2D eigenvalue weighted by atomic mass is 9.81. The van der Waals surface area contributed by atoms with Crippen LogP contribution >= 0.6 is 0 Å². The molecule has 0 spiro atoms. The molecule has 5 heteroatoms. The van der Waals surface area contributed by atoms with Crippen LogP contribution in [0.3, 0.4) is 0 Å². The molecule has 0 unspecified atom stereocenters. The number of ketones is 1. The number of aromatic nitrogens is 2. The minimum Gasteiger partial charge on any atom is -0.493 e. The summed E-state index contributed by atoms with van der Waals surface area (Å²) >= 11 is 0. The lowest BCUT2D eigenvalue weighted by Gasteiger charge is -2.24. The summed E-state index contributed by atoms with van der Waals surface area (Å²) in [6.07, 6.45) is 5.89. The number of nitrogens with zero attached hydrogens (tertiary/aromatic N) is 3. The van der Waals surface area contributed by atoms with Gasteiger partial charge in [-0.3, -0.25) is 9.48 Å². The second kappa shape index (κ2) is 6.19. The number of rotatable bonds is 7. The summed E-state index contributed by atoms with van der Waals surface area (Å²) in [6, 6.07) is 0. The number of carbonyl (C=O) groups excluding carboxylic acids is 1. The topological polar surface area (TPSA) is 47.4 Å². The highest BCUT2D eigenvalue weighted by Gasteiger charge is 2.25. The highest BCUT2D eigenvalue weighted by atomic mass is 16.5. The van der Waals surface area contributed by atoms with Crippen LogP contribution in [0.25, 0.3) is 0 Å². The van der Waals surface area contributed by atoms with E-state index in [0.29, 0.717) is 30.3 Å². The van der Waals surface area contributed by atoms with Crippen LogP contribution in [-0.2, 0) is 6.54 Å². The summed E-state index contributed by atoms with van der Waals surface area (Å²) in [5, 5.41) is 4.28. The monoisotopic (exact) mass is 265 g/mol. The number of ether oxygens (including phenoxy) is 1. The van der Waals surface area contributed by atoms with Crippen LogP contribution in [0.1, 0.15) is 36.2 Å². The summed E-state index contributed by atoms with van der Waals surface area (Å²) < 4.78 is 7.05. The Morgan fingerprint density at radius 1 is 1.53 bits per heavy atom. The number of methoxy groups -OCH3 is 1. The molecule has 1 fully saturated rings. The van der Waals surface area contributed by atoms with Gasteiger partial charge >= 0.3 is 0 Å². The summed E-state index contributed by atoms with van der Waals surface area (Å²) in [5.74, 6) is 1.33. The first-order chi connectivity index (χ1) is 9.11. The molecule has 1 heterocycles. The van der Waals surface area contributed by atoms with Crippen molar-refractivity contribution in [1.29, 1.82) is 0 Å². The molecule has 0 amide bonds. The van der Waals surface area contributed by atoms with Crippen molar-refractivity contribution < 1.29 is 9.53 Å². The molecule has 0 saturated heterocycles. The molecule has 5 nitrogen and oxygen atoms in total. The average molecular weight is 265 g/mol. The van der Waals surface area contributed by atoms with E-state index in [1.54, 1.807) is 18.0 Å². The van der Waals surface area contributed by atoms with Gasteiger partial charge in [-0.25, -0.2) is 0 Å². The third-order valence-corrected chi connectivity index (χ3v) is 3.75. The van der Waals surface area contributed by atoms with Gasteiger partial charge in [0.25, 0.3) is 0 Å². The van der Waals surface area contributed by atoms with Crippen LogP contribution < -0.4 is 4.74 Å². The van der Waals surface area contributed by atoms with Gasteiger partial charge in [-0.05, 0) is 20.0 Å². The van der Waals surface area contributed by atoms with E-state index in [1.807, 2.05) is 14.1 Å².